The van der Waals surface area contributed by atoms with Crippen molar-refractivity contribution < 1.29 is 0 Å². The van der Waals surface area contributed by atoms with Crippen LogP contribution in [0.5, 0.6) is 0 Å². The summed E-state index contributed by atoms with van der Waals surface area (Å²) in [7, 11) is -0.340. The summed E-state index contributed by atoms with van der Waals surface area (Å²) in [6, 6.07) is 21.6. The van der Waals surface area contributed by atoms with Crippen molar-refractivity contribution in [1.82, 2.24) is 0 Å². The summed E-state index contributed by atoms with van der Waals surface area (Å²) < 4.78 is 0. The van der Waals surface area contributed by atoms with Crippen molar-refractivity contribution in [2.75, 3.05) is 6.54 Å². The molecule has 0 aliphatic carbocycles. The molecule has 1 nitrogen and oxygen atoms in total. The average molecular weight is 294 g/mol. The zero-order valence-corrected chi connectivity index (χ0v) is 12.9. The van der Waals surface area contributed by atoms with Crippen LogP contribution in [0, 0.1) is 0 Å². The predicted octanol–water partition coefficient (Wildman–Crippen LogP) is 3.28. The van der Waals surface area contributed by atoms with E-state index >= 15 is 0 Å². The highest BCUT2D eigenvalue weighted by molar-refractivity contribution is 7.73. The molecule has 0 aromatic heterocycles. The van der Waals surface area contributed by atoms with Gasteiger partial charge in [-0.2, -0.15) is 0 Å². The Morgan fingerprint density at radius 2 is 1.32 bits per heavy atom. The average Bonchev–Trinajstić information content (AvgIpc) is 2.46. The van der Waals surface area contributed by atoms with Gasteiger partial charge < -0.3 is 5.73 Å². The van der Waals surface area contributed by atoms with Gasteiger partial charge in [0.1, 0.15) is 0 Å². The van der Waals surface area contributed by atoms with Crippen LogP contribution in [0.1, 0.15) is 13.3 Å². The van der Waals surface area contributed by atoms with Crippen LogP contribution in [0.4, 0.5) is 0 Å². The zero-order chi connectivity index (χ0) is 12.8. The Morgan fingerprint density at radius 3 is 1.63 bits per heavy atom. The van der Waals surface area contributed by atoms with Crippen LogP contribution in [0.25, 0.3) is 0 Å². The third kappa shape index (κ3) is 4.04. The molecule has 0 aliphatic rings. The lowest BCUT2D eigenvalue weighted by atomic mass is 10.3. The van der Waals surface area contributed by atoms with Gasteiger partial charge in [0.15, 0.2) is 0 Å². The van der Waals surface area contributed by atoms with E-state index in [0.717, 1.165) is 13.0 Å². The van der Waals surface area contributed by atoms with E-state index in [1.807, 2.05) is 0 Å². The zero-order valence-electron chi connectivity index (χ0n) is 11.2. The molecule has 1 unspecified atom stereocenters. The summed E-state index contributed by atoms with van der Waals surface area (Å²) in [6.07, 6.45) is 1.13. The fourth-order valence-corrected chi connectivity index (χ4v) is 4.91. The van der Waals surface area contributed by atoms with Crippen molar-refractivity contribution in [2.24, 2.45) is 5.73 Å². The van der Waals surface area contributed by atoms with Gasteiger partial charge in [0.05, 0.1) is 0 Å². The molecule has 2 N–H and O–H groups in total. The molecule has 0 aliphatic heterocycles. The lowest BCUT2D eigenvalue weighted by Crippen LogP contribution is -2.27. The number of hydrogen-bond donors (Lipinski definition) is 1. The number of nitrogens with two attached hydrogens (primary N) is 1. The first kappa shape index (κ1) is 16.2. The molecule has 0 saturated carbocycles. The van der Waals surface area contributed by atoms with E-state index in [4.69, 9.17) is 5.73 Å². The van der Waals surface area contributed by atoms with Crippen LogP contribution in [0.15, 0.2) is 60.7 Å². The van der Waals surface area contributed by atoms with Gasteiger partial charge in [-0.25, -0.2) is 0 Å². The van der Waals surface area contributed by atoms with Crippen molar-refractivity contribution in [3.63, 3.8) is 0 Å². The van der Waals surface area contributed by atoms with Gasteiger partial charge in [-0.1, -0.05) is 67.6 Å². The molecular weight excluding hydrogens is 273 g/mol. The van der Waals surface area contributed by atoms with E-state index in [2.05, 4.69) is 67.6 Å². The van der Waals surface area contributed by atoms with Crippen LogP contribution in [0.3, 0.4) is 0 Å². The van der Waals surface area contributed by atoms with E-state index in [1.165, 1.54) is 10.6 Å². The fourth-order valence-electron chi connectivity index (χ4n) is 2.20. The summed E-state index contributed by atoms with van der Waals surface area (Å²) in [4.78, 5) is 0. The molecule has 1 atom stereocenters. The second-order valence-electron chi connectivity index (χ2n) is 4.34. The minimum atomic E-state index is -0.340. The number of benzene rings is 2. The molecule has 0 spiro atoms. The summed E-state index contributed by atoms with van der Waals surface area (Å²) in [5.41, 5.74) is 6.54. The molecule has 0 heterocycles. The van der Waals surface area contributed by atoms with Crippen molar-refractivity contribution in [3.8, 4) is 0 Å². The van der Waals surface area contributed by atoms with E-state index < -0.39 is 0 Å². The Kier molecular flexibility index (Phi) is 7.09. The Morgan fingerprint density at radius 1 is 0.895 bits per heavy atom. The standard InChI is InChI=1S/C16H20NP.ClH/c1-2-14(13-17)18(15-9-5-3-6-10-15)16-11-7-4-8-12-16;/h3-12,14H,2,13,17H2,1H3;1H. The van der Waals surface area contributed by atoms with Gasteiger partial charge >= 0.3 is 0 Å². The SMILES string of the molecule is CCC(CN)P(c1ccccc1)c1ccccc1.Cl. The molecule has 0 fully saturated rings. The second-order valence-corrected chi connectivity index (χ2v) is 6.84. The predicted molar refractivity (Wildman–Crippen MR) is 89.5 cm³/mol. The molecule has 3 heteroatoms. The molecule has 0 bridgehead atoms. The first-order chi connectivity index (χ1) is 8.86. The van der Waals surface area contributed by atoms with Gasteiger partial charge in [-0.3, -0.25) is 0 Å². The molecule has 2 rings (SSSR count). The van der Waals surface area contributed by atoms with Gasteiger partial charge in [-0.15, -0.1) is 12.4 Å². The summed E-state index contributed by atoms with van der Waals surface area (Å²) in [6.45, 7) is 2.99. The highest BCUT2D eigenvalue weighted by Gasteiger charge is 2.21. The summed E-state index contributed by atoms with van der Waals surface area (Å²) >= 11 is 0. The van der Waals surface area contributed by atoms with E-state index in [-0.39, 0.29) is 20.3 Å². The number of rotatable bonds is 5. The minimum absolute atomic E-state index is 0. The van der Waals surface area contributed by atoms with Gasteiger partial charge in [0, 0.05) is 0 Å². The highest BCUT2D eigenvalue weighted by Crippen LogP contribution is 2.40. The third-order valence-corrected chi connectivity index (χ3v) is 6.19. The van der Waals surface area contributed by atoms with E-state index in [9.17, 15) is 0 Å². The van der Waals surface area contributed by atoms with Crippen molar-refractivity contribution in [3.05, 3.63) is 60.7 Å². The molecule has 0 amide bonds. The van der Waals surface area contributed by atoms with Gasteiger partial charge in [0.25, 0.3) is 0 Å². The van der Waals surface area contributed by atoms with Gasteiger partial charge in [-0.05, 0) is 37.2 Å². The summed E-state index contributed by atoms with van der Waals surface area (Å²) in [5, 5.41) is 2.85. The Balaban J connectivity index is 0.00000180. The van der Waals surface area contributed by atoms with Crippen molar-refractivity contribution >= 4 is 30.9 Å². The lowest BCUT2D eigenvalue weighted by molar-refractivity contribution is 0.820. The second kappa shape index (κ2) is 8.32. The number of halogens is 1. The highest BCUT2D eigenvalue weighted by atomic mass is 35.5. The van der Waals surface area contributed by atoms with E-state index in [0.29, 0.717) is 5.66 Å². The first-order valence-electron chi connectivity index (χ1n) is 6.46. The van der Waals surface area contributed by atoms with Crippen LogP contribution >= 0.6 is 20.3 Å². The molecule has 102 valence electrons. The van der Waals surface area contributed by atoms with Crippen LogP contribution in [0.2, 0.25) is 0 Å². The van der Waals surface area contributed by atoms with Crippen LogP contribution < -0.4 is 16.3 Å². The van der Waals surface area contributed by atoms with Crippen LogP contribution in [-0.4, -0.2) is 12.2 Å². The van der Waals surface area contributed by atoms with Gasteiger partial charge in [0.2, 0.25) is 0 Å². The quantitative estimate of drug-likeness (QED) is 0.841. The summed E-state index contributed by atoms with van der Waals surface area (Å²) in [5.74, 6) is 0. The Hall–Kier alpha value is -0.880. The third-order valence-electron chi connectivity index (χ3n) is 3.18. The normalized spacial score (nSPS) is 11.9. The molecule has 2 aromatic rings. The van der Waals surface area contributed by atoms with Crippen molar-refractivity contribution in [1.29, 1.82) is 0 Å². The fraction of sp³-hybridized carbons (Fsp3) is 0.250. The van der Waals surface area contributed by atoms with Crippen LogP contribution in [-0.2, 0) is 0 Å². The maximum Gasteiger partial charge on any atom is -0.000346 e. The topological polar surface area (TPSA) is 26.0 Å². The molecule has 2 aromatic carbocycles. The van der Waals surface area contributed by atoms with Crippen molar-refractivity contribution in [2.45, 2.75) is 19.0 Å². The molecule has 0 radical (unpaired) electrons. The lowest BCUT2D eigenvalue weighted by Gasteiger charge is -2.26. The molecule has 19 heavy (non-hydrogen) atoms. The largest absolute Gasteiger partial charge is 0.330 e. The maximum atomic E-state index is 5.98. The Labute approximate surface area is 123 Å². The Bertz CT molecular complexity index is 417. The molecule has 0 saturated heterocycles. The number of hydrogen-bond acceptors (Lipinski definition) is 1. The van der Waals surface area contributed by atoms with E-state index in [1.54, 1.807) is 0 Å². The monoisotopic (exact) mass is 293 g/mol. The maximum absolute atomic E-state index is 5.98. The smallest absolute Gasteiger partial charge is 0.000346 e. The first-order valence-corrected chi connectivity index (χ1v) is 7.87. The molecular formula is C16H21ClNP. The minimum Gasteiger partial charge on any atom is -0.330 e.